The summed E-state index contributed by atoms with van der Waals surface area (Å²) in [6.45, 7) is 8.96. The SMILES string of the molecule is CC(C)CCC1(C(=O)Nc2ccccc2SSc2ccccc2NC(=O)C2(CCC(C)C)CCCC2)CCCC1. The molecule has 2 aromatic carbocycles. The lowest BCUT2D eigenvalue weighted by atomic mass is 9.79. The lowest BCUT2D eigenvalue weighted by molar-refractivity contribution is -0.126. The van der Waals surface area contributed by atoms with Gasteiger partial charge < -0.3 is 10.6 Å². The standard InChI is InChI=1S/C34H48N2O2S2/c1-25(2)17-23-33(19-9-10-20-33)31(37)35-27-13-5-7-15-29(27)39-40-30-16-8-6-14-28(30)36-32(38)34(21-11-12-22-34)24-18-26(3)4/h5-8,13-16,25-26H,9-12,17-24H2,1-4H3,(H,35,37)(H,36,38). The molecule has 0 spiro atoms. The van der Waals surface area contributed by atoms with Crippen LogP contribution < -0.4 is 10.6 Å². The van der Waals surface area contributed by atoms with Gasteiger partial charge in [-0.25, -0.2) is 0 Å². The van der Waals surface area contributed by atoms with Gasteiger partial charge in [-0.1, -0.05) is 99.2 Å². The number of hydrogen-bond donors (Lipinski definition) is 2. The zero-order chi connectivity index (χ0) is 28.6. The number of hydrogen-bond acceptors (Lipinski definition) is 4. The Kier molecular flexibility index (Phi) is 11.1. The molecule has 6 heteroatoms. The topological polar surface area (TPSA) is 58.2 Å². The van der Waals surface area contributed by atoms with Gasteiger partial charge in [0.2, 0.25) is 11.8 Å². The minimum Gasteiger partial charge on any atom is -0.325 e. The average molecular weight is 581 g/mol. The summed E-state index contributed by atoms with van der Waals surface area (Å²) >= 11 is 0. The van der Waals surface area contributed by atoms with Gasteiger partial charge in [-0.15, -0.1) is 0 Å². The maximum absolute atomic E-state index is 13.6. The first-order valence-electron chi connectivity index (χ1n) is 15.4. The zero-order valence-electron chi connectivity index (χ0n) is 24.9. The molecule has 40 heavy (non-hydrogen) atoms. The summed E-state index contributed by atoms with van der Waals surface area (Å²) in [6, 6.07) is 16.2. The molecular formula is C34H48N2O2S2. The van der Waals surface area contributed by atoms with E-state index < -0.39 is 0 Å². The molecule has 0 aromatic heterocycles. The second-order valence-electron chi connectivity index (χ2n) is 12.9. The fraction of sp³-hybridized carbons (Fsp3) is 0.588. The molecule has 4 rings (SSSR count). The first kappa shape index (κ1) is 31.0. The monoisotopic (exact) mass is 580 g/mol. The van der Waals surface area contributed by atoms with E-state index in [0.29, 0.717) is 11.8 Å². The quantitative estimate of drug-likeness (QED) is 0.231. The van der Waals surface area contributed by atoms with E-state index in [4.69, 9.17) is 0 Å². The number of rotatable bonds is 13. The molecule has 0 atom stereocenters. The average Bonchev–Trinajstić information content (AvgIpc) is 3.62. The van der Waals surface area contributed by atoms with E-state index in [9.17, 15) is 9.59 Å². The molecule has 0 unspecified atom stereocenters. The summed E-state index contributed by atoms with van der Waals surface area (Å²) < 4.78 is 0. The molecule has 218 valence electrons. The van der Waals surface area contributed by atoms with E-state index in [-0.39, 0.29) is 22.6 Å². The van der Waals surface area contributed by atoms with Crippen molar-refractivity contribution >= 4 is 44.8 Å². The highest BCUT2D eigenvalue weighted by atomic mass is 33.1. The summed E-state index contributed by atoms with van der Waals surface area (Å²) in [6.07, 6.45) is 12.6. The lowest BCUT2D eigenvalue weighted by Gasteiger charge is -2.29. The van der Waals surface area contributed by atoms with Gasteiger partial charge in [-0.05, 0) is 87.5 Å². The number of amides is 2. The van der Waals surface area contributed by atoms with Gasteiger partial charge in [0, 0.05) is 20.6 Å². The van der Waals surface area contributed by atoms with Crippen molar-refractivity contribution in [1.82, 2.24) is 0 Å². The Morgan fingerprint density at radius 1 is 0.650 bits per heavy atom. The van der Waals surface area contributed by atoms with Crippen LogP contribution in [0.2, 0.25) is 0 Å². The summed E-state index contributed by atoms with van der Waals surface area (Å²) in [5, 5.41) is 6.64. The van der Waals surface area contributed by atoms with Gasteiger partial charge in [0.1, 0.15) is 0 Å². The van der Waals surface area contributed by atoms with Gasteiger partial charge in [-0.3, -0.25) is 9.59 Å². The molecule has 2 saturated carbocycles. The largest absolute Gasteiger partial charge is 0.325 e. The first-order valence-corrected chi connectivity index (χ1v) is 17.5. The molecule has 2 amide bonds. The number of nitrogens with one attached hydrogen (secondary N) is 2. The summed E-state index contributed by atoms with van der Waals surface area (Å²) in [7, 11) is 3.28. The van der Waals surface area contributed by atoms with Crippen LogP contribution in [0, 0.1) is 22.7 Å². The van der Waals surface area contributed by atoms with Gasteiger partial charge >= 0.3 is 0 Å². The van der Waals surface area contributed by atoms with Crippen molar-refractivity contribution in [3.63, 3.8) is 0 Å². The normalized spacial score (nSPS) is 17.9. The second kappa shape index (κ2) is 14.3. The van der Waals surface area contributed by atoms with Crippen molar-refractivity contribution in [2.24, 2.45) is 22.7 Å². The van der Waals surface area contributed by atoms with Crippen molar-refractivity contribution in [3.8, 4) is 0 Å². The number of carbonyl (C=O) groups excluding carboxylic acids is 2. The fourth-order valence-corrected chi connectivity index (χ4v) is 8.58. The molecule has 0 heterocycles. The van der Waals surface area contributed by atoms with E-state index in [1.807, 2.05) is 36.4 Å². The third kappa shape index (κ3) is 7.88. The molecule has 2 aromatic rings. The Balaban J connectivity index is 1.44. The summed E-state index contributed by atoms with van der Waals surface area (Å²) in [5.74, 6) is 1.56. The van der Waals surface area contributed by atoms with Crippen molar-refractivity contribution in [2.75, 3.05) is 10.6 Å². The third-order valence-corrected chi connectivity index (χ3v) is 11.5. The fourth-order valence-electron chi connectivity index (χ4n) is 6.30. The van der Waals surface area contributed by atoms with Crippen LogP contribution in [-0.4, -0.2) is 11.8 Å². The lowest BCUT2D eigenvalue weighted by Crippen LogP contribution is -2.34. The van der Waals surface area contributed by atoms with Crippen LogP contribution in [-0.2, 0) is 9.59 Å². The first-order chi connectivity index (χ1) is 19.2. The number of anilines is 2. The Morgan fingerprint density at radius 2 is 1.00 bits per heavy atom. The molecule has 0 radical (unpaired) electrons. The number of carbonyl (C=O) groups is 2. The Hall–Kier alpha value is -1.92. The van der Waals surface area contributed by atoms with Crippen LogP contribution in [0.15, 0.2) is 58.3 Å². The second-order valence-corrected chi connectivity index (χ2v) is 15.1. The van der Waals surface area contributed by atoms with Gasteiger partial charge in [-0.2, -0.15) is 0 Å². The third-order valence-electron chi connectivity index (χ3n) is 8.98. The van der Waals surface area contributed by atoms with E-state index >= 15 is 0 Å². The molecule has 2 N–H and O–H groups in total. The molecular weight excluding hydrogens is 533 g/mol. The van der Waals surface area contributed by atoms with Crippen molar-refractivity contribution < 1.29 is 9.59 Å². The molecule has 0 aliphatic heterocycles. The summed E-state index contributed by atoms with van der Waals surface area (Å²) in [5.41, 5.74) is 1.28. The van der Waals surface area contributed by atoms with E-state index in [0.717, 1.165) is 98.2 Å². The maximum atomic E-state index is 13.6. The van der Waals surface area contributed by atoms with Crippen LogP contribution in [0.5, 0.6) is 0 Å². The van der Waals surface area contributed by atoms with Crippen molar-refractivity contribution in [2.45, 2.75) is 115 Å². The molecule has 0 bridgehead atoms. The zero-order valence-corrected chi connectivity index (χ0v) is 26.5. The van der Waals surface area contributed by atoms with Crippen LogP contribution in [0.3, 0.4) is 0 Å². The highest BCUT2D eigenvalue weighted by Gasteiger charge is 2.42. The van der Waals surface area contributed by atoms with Gasteiger partial charge in [0.05, 0.1) is 11.4 Å². The van der Waals surface area contributed by atoms with Gasteiger partial charge in [0.15, 0.2) is 0 Å². The van der Waals surface area contributed by atoms with Crippen molar-refractivity contribution in [3.05, 3.63) is 48.5 Å². The molecule has 0 saturated heterocycles. The maximum Gasteiger partial charge on any atom is 0.230 e. The Bertz CT molecular complexity index is 1040. The van der Waals surface area contributed by atoms with Crippen LogP contribution in [0.4, 0.5) is 11.4 Å². The van der Waals surface area contributed by atoms with Crippen molar-refractivity contribution in [1.29, 1.82) is 0 Å². The van der Waals surface area contributed by atoms with Crippen LogP contribution in [0.1, 0.15) is 105 Å². The molecule has 4 nitrogen and oxygen atoms in total. The van der Waals surface area contributed by atoms with E-state index in [1.165, 1.54) is 0 Å². The number of para-hydroxylation sites is 2. The highest BCUT2D eigenvalue weighted by molar-refractivity contribution is 8.76. The smallest absolute Gasteiger partial charge is 0.230 e. The Morgan fingerprint density at radius 3 is 1.35 bits per heavy atom. The van der Waals surface area contributed by atoms with E-state index in [1.54, 1.807) is 21.6 Å². The minimum absolute atomic E-state index is 0.180. The highest BCUT2D eigenvalue weighted by Crippen LogP contribution is 2.48. The predicted octanol–water partition coefficient (Wildman–Crippen LogP) is 10.4. The number of benzene rings is 2. The van der Waals surface area contributed by atoms with Gasteiger partial charge in [0.25, 0.3) is 0 Å². The Labute approximate surface area is 250 Å². The summed E-state index contributed by atoms with van der Waals surface area (Å²) in [4.78, 5) is 29.3. The molecule has 2 aliphatic rings. The van der Waals surface area contributed by atoms with E-state index in [2.05, 4.69) is 50.5 Å². The molecule has 2 fully saturated rings. The van der Waals surface area contributed by atoms with Crippen LogP contribution in [0.25, 0.3) is 0 Å². The predicted molar refractivity (Wildman–Crippen MR) is 172 cm³/mol. The van der Waals surface area contributed by atoms with Crippen LogP contribution >= 0.6 is 21.6 Å². The molecule has 2 aliphatic carbocycles. The minimum atomic E-state index is -0.238.